The fourth-order valence-electron chi connectivity index (χ4n) is 8.82. The van der Waals surface area contributed by atoms with Crippen LogP contribution >= 0.6 is 0 Å². The van der Waals surface area contributed by atoms with Gasteiger partial charge in [0.2, 0.25) is 0 Å². The molecule has 0 atom stereocenters. The van der Waals surface area contributed by atoms with E-state index in [9.17, 15) is 5.26 Å². The van der Waals surface area contributed by atoms with Crippen LogP contribution < -0.4 is 9.80 Å². The summed E-state index contributed by atoms with van der Waals surface area (Å²) >= 11 is 0. The van der Waals surface area contributed by atoms with Gasteiger partial charge in [-0.1, -0.05) is 97.1 Å². The van der Waals surface area contributed by atoms with E-state index < -0.39 is 0 Å². The van der Waals surface area contributed by atoms with Gasteiger partial charge >= 0.3 is 0 Å². The lowest BCUT2D eigenvalue weighted by Gasteiger charge is -2.32. The lowest BCUT2D eigenvalue weighted by Crippen LogP contribution is -2.24. The number of hydrogen-bond acceptors (Lipinski definition) is 3. The summed E-state index contributed by atoms with van der Waals surface area (Å²) in [6, 6.07) is 58.0. The van der Waals surface area contributed by atoms with Crippen molar-refractivity contribution < 1.29 is 0 Å². The second-order valence-electron chi connectivity index (χ2n) is 14.2. The summed E-state index contributed by atoms with van der Waals surface area (Å²) in [7, 11) is 0. The number of hydrogen-bond donors (Lipinski definition) is 0. The Labute approximate surface area is 304 Å². The molecule has 0 aliphatic carbocycles. The largest absolute Gasteiger partial charge is 0.341 e. The van der Waals surface area contributed by atoms with Crippen molar-refractivity contribution in [1.82, 2.24) is 0 Å². The average molecular weight is 668 g/mol. The fraction of sp³-hybridized carbons (Fsp3) is 0.122. The first-order valence-corrected chi connectivity index (χ1v) is 18.5. The van der Waals surface area contributed by atoms with Crippen LogP contribution in [0.25, 0.3) is 54.6 Å². The molecule has 0 unspecified atom stereocenters. The molecular weight excluding hydrogens is 631 g/mol. The Hall–Kier alpha value is -6.37. The minimum absolute atomic E-state index is 0.668. The first-order chi connectivity index (χ1) is 25.7. The number of nitriles is 1. The summed E-state index contributed by atoms with van der Waals surface area (Å²) in [5.41, 5.74) is 13.3. The fourth-order valence-corrected chi connectivity index (χ4v) is 8.82. The molecule has 10 rings (SSSR count). The summed E-state index contributed by atoms with van der Waals surface area (Å²) in [5, 5.41) is 17.1. The van der Waals surface area contributed by atoms with Crippen LogP contribution in [-0.2, 0) is 12.8 Å². The second-order valence-corrected chi connectivity index (χ2v) is 14.2. The smallest absolute Gasteiger partial charge is 0.0991 e. The number of nitrogens with zero attached hydrogens (tertiary/aromatic N) is 3. The molecule has 0 N–H and O–H groups in total. The monoisotopic (exact) mass is 667 g/mol. The Morgan fingerprint density at radius 1 is 0.442 bits per heavy atom. The van der Waals surface area contributed by atoms with Gasteiger partial charge in [-0.15, -0.1) is 0 Å². The third-order valence-electron chi connectivity index (χ3n) is 11.3. The molecule has 3 heteroatoms. The molecule has 2 aliphatic rings. The first-order valence-electron chi connectivity index (χ1n) is 18.5. The molecule has 0 fully saturated rings. The van der Waals surface area contributed by atoms with Crippen LogP contribution in [-0.4, -0.2) is 13.1 Å². The molecular formula is C49H37N3. The lowest BCUT2D eigenvalue weighted by atomic mass is 9.84. The highest BCUT2D eigenvalue weighted by molar-refractivity contribution is 6.23. The molecule has 52 heavy (non-hydrogen) atoms. The number of benzene rings is 8. The van der Waals surface area contributed by atoms with Crippen molar-refractivity contribution in [1.29, 1.82) is 5.26 Å². The van der Waals surface area contributed by atoms with Gasteiger partial charge in [-0.25, -0.2) is 0 Å². The van der Waals surface area contributed by atoms with E-state index in [0.29, 0.717) is 5.56 Å². The predicted molar refractivity (Wildman–Crippen MR) is 218 cm³/mol. The molecule has 8 aromatic carbocycles. The summed E-state index contributed by atoms with van der Waals surface area (Å²) < 4.78 is 0. The Kier molecular flexibility index (Phi) is 7.29. The molecule has 3 nitrogen and oxygen atoms in total. The van der Waals surface area contributed by atoms with Crippen LogP contribution in [0.1, 0.15) is 29.5 Å². The van der Waals surface area contributed by atoms with Crippen LogP contribution in [0.4, 0.5) is 22.7 Å². The van der Waals surface area contributed by atoms with Gasteiger partial charge in [0.25, 0.3) is 0 Å². The second kappa shape index (κ2) is 12.4. The third kappa shape index (κ3) is 5.02. The maximum Gasteiger partial charge on any atom is 0.0991 e. The van der Waals surface area contributed by atoms with Crippen LogP contribution in [0.15, 0.2) is 152 Å². The average Bonchev–Trinajstić information content (AvgIpc) is 3.22. The van der Waals surface area contributed by atoms with E-state index in [2.05, 4.69) is 155 Å². The van der Waals surface area contributed by atoms with Crippen LogP contribution in [0.5, 0.6) is 0 Å². The van der Waals surface area contributed by atoms with E-state index >= 15 is 0 Å². The van der Waals surface area contributed by atoms with Crippen LogP contribution in [0.2, 0.25) is 0 Å². The van der Waals surface area contributed by atoms with Gasteiger partial charge in [-0.2, -0.15) is 5.26 Å². The molecule has 0 spiro atoms. The molecule has 0 bridgehead atoms. The standard InChI is InChI=1S/C49H37N3/c50-32-33-17-19-37(20-18-33)48-42-25-23-41(52-28-8-14-36-11-4-6-16-47(36)52)31-45(42)49(39-22-21-34-9-1-2-12-38(34)29-39)43-26-24-40(30-44(43)48)51-27-7-13-35-10-3-5-15-46(35)51/h1-6,9-12,15-26,29-31H,7-8,13-14,27-28H2. The Morgan fingerprint density at radius 2 is 0.962 bits per heavy atom. The molecule has 2 heterocycles. The summed E-state index contributed by atoms with van der Waals surface area (Å²) in [4.78, 5) is 5.00. The Bertz CT molecular complexity index is 2720. The maximum absolute atomic E-state index is 9.70. The van der Waals surface area contributed by atoms with Crippen molar-refractivity contribution in [3.63, 3.8) is 0 Å². The Morgan fingerprint density at radius 3 is 1.56 bits per heavy atom. The highest BCUT2D eigenvalue weighted by Crippen LogP contribution is 2.48. The van der Waals surface area contributed by atoms with Crippen LogP contribution in [0, 0.1) is 11.3 Å². The zero-order valence-corrected chi connectivity index (χ0v) is 29.0. The van der Waals surface area contributed by atoms with E-state index in [0.717, 1.165) is 44.3 Å². The predicted octanol–water partition coefficient (Wildman–Crippen LogP) is 12.5. The number of aryl methyl sites for hydroxylation is 2. The van der Waals surface area contributed by atoms with E-state index in [1.54, 1.807) is 0 Å². The Balaban J connectivity index is 1.29. The molecule has 0 aromatic heterocycles. The van der Waals surface area contributed by atoms with Crippen molar-refractivity contribution in [2.45, 2.75) is 25.7 Å². The van der Waals surface area contributed by atoms with Gasteiger partial charge in [0.1, 0.15) is 0 Å². The molecule has 8 aromatic rings. The van der Waals surface area contributed by atoms with Crippen molar-refractivity contribution in [3.05, 3.63) is 168 Å². The SMILES string of the molecule is N#Cc1ccc(-c2c3ccc(N4CCCc5ccccc54)cc3c(-c3ccc4ccccc4c3)c3ccc(N4CCCc5ccccc54)cc23)cc1. The maximum atomic E-state index is 9.70. The summed E-state index contributed by atoms with van der Waals surface area (Å²) in [6.07, 6.45) is 4.47. The van der Waals surface area contributed by atoms with E-state index in [1.165, 1.54) is 82.9 Å². The molecule has 2 aliphatic heterocycles. The molecule has 0 amide bonds. The van der Waals surface area contributed by atoms with Crippen LogP contribution in [0.3, 0.4) is 0 Å². The van der Waals surface area contributed by atoms with Gasteiger partial charge in [0.05, 0.1) is 11.6 Å². The van der Waals surface area contributed by atoms with Gasteiger partial charge < -0.3 is 9.80 Å². The minimum atomic E-state index is 0.668. The minimum Gasteiger partial charge on any atom is -0.341 e. The number of anilines is 4. The van der Waals surface area contributed by atoms with E-state index in [1.807, 2.05) is 12.1 Å². The lowest BCUT2D eigenvalue weighted by molar-refractivity contribution is 0.767. The number of fused-ring (bicyclic) bond motifs is 5. The molecule has 248 valence electrons. The third-order valence-corrected chi connectivity index (χ3v) is 11.3. The van der Waals surface area contributed by atoms with Crippen molar-refractivity contribution in [2.75, 3.05) is 22.9 Å². The van der Waals surface area contributed by atoms with Gasteiger partial charge in [-0.3, -0.25) is 0 Å². The first kappa shape index (κ1) is 30.5. The molecule has 0 saturated carbocycles. The van der Waals surface area contributed by atoms with Crippen molar-refractivity contribution in [3.8, 4) is 28.3 Å². The van der Waals surface area contributed by atoms with Gasteiger partial charge in [-0.05, 0) is 146 Å². The summed E-state index contributed by atoms with van der Waals surface area (Å²) in [5.74, 6) is 0. The van der Waals surface area contributed by atoms with Gasteiger partial charge in [0.15, 0.2) is 0 Å². The number of para-hydroxylation sites is 2. The normalized spacial score (nSPS) is 14.0. The molecule has 0 radical (unpaired) electrons. The quantitative estimate of drug-likeness (QED) is 0.175. The van der Waals surface area contributed by atoms with Crippen molar-refractivity contribution >= 4 is 55.1 Å². The topological polar surface area (TPSA) is 30.3 Å². The number of rotatable bonds is 4. The highest BCUT2D eigenvalue weighted by atomic mass is 15.1. The van der Waals surface area contributed by atoms with Crippen molar-refractivity contribution in [2.24, 2.45) is 0 Å². The van der Waals surface area contributed by atoms with E-state index in [-0.39, 0.29) is 0 Å². The zero-order valence-electron chi connectivity index (χ0n) is 29.0. The highest BCUT2D eigenvalue weighted by Gasteiger charge is 2.24. The van der Waals surface area contributed by atoms with Gasteiger partial charge in [0, 0.05) is 35.8 Å². The molecule has 0 saturated heterocycles. The summed E-state index contributed by atoms with van der Waals surface area (Å²) in [6.45, 7) is 1.98. The zero-order chi connectivity index (χ0) is 34.6. The van der Waals surface area contributed by atoms with E-state index in [4.69, 9.17) is 0 Å².